The molecule has 4 rings (SSSR count). The van der Waals surface area contributed by atoms with Gasteiger partial charge in [0.25, 0.3) is 11.8 Å². The summed E-state index contributed by atoms with van der Waals surface area (Å²) >= 11 is 1.41. The Hall–Kier alpha value is -2.14. The minimum atomic E-state index is -0.129. The second-order valence-electron chi connectivity index (χ2n) is 7.62. The Morgan fingerprint density at radius 1 is 1.00 bits per heavy atom. The van der Waals surface area contributed by atoms with Gasteiger partial charge in [-0.2, -0.15) is 0 Å². The van der Waals surface area contributed by atoms with Crippen molar-refractivity contribution in [3.63, 3.8) is 0 Å². The van der Waals surface area contributed by atoms with Gasteiger partial charge in [0.05, 0.1) is 4.88 Å². The molecule has 142 valence electrons. The van der Waals surface area contributed by atoms with E-state index >= 15 is 0 Å². The first-order chi connectivity index (χ1) is 13.2. The minimum absolute atomic E-state index is 0.107. The third kappa shape index (κ3) is 4.08. The van der Waals surface area contributed by atoms with Crippen molar-refractivity contribution < 1.29 is 9.59 Å². The molecular formula is C22H26N2O2S. The van der Waals surface area contributed by atoms with Crippen molar-refractivity contribution in [2.75, 3.05) is 11.9 Å². The van der Waals surface area contributed by atoms with Crippen LogP contribution in [0, 0.1) is 5.92 Å². The fraction of sp³-hybridized carbons (Fsp3) is 0.455. The number of hydrogen-bond donors (Lipinski definition) is 1. The highest BCUT2D eigenvalue weighted by atomic mass is 32.1. The molecule has 4 nitrogen and oxygen atoms in total. The number of nitrogens with zero attached hydrogens (tertiary/aromatic N) is 1. The second kappa shape index (κ2) is 8.26. The lowest BCUT2D eigenvalue weighted by Crippen LogP contribution is -2.40. The first-order valence-corrected chi connectivity index (χ1v) is 10.9. The summed E-state index contributed by atoms with van der Waals surface area (Å²) in [7, 11) is 0. The standard InChI is InChI=1S/C22H26N2O2S/c25-21(20-12-6-14-27-20)23-18-10-4-9-17(15-18)22(26)24-13-5-11-19(24)16-7-2-1-3-8-16/h4,6,9-10,12,14-16,19H,1-3,5,7-8,11,13H2,(H,23,25)/t19-/m1/s1. The number of rotatable bonds is 4. The van der Waals surface area contributed by atoms with Gasteiger partial charge in [-0.1, -0.05) is 31.4 Å². The molecule has 1 aliphatic carbocycles. The fourth-order valence-corrected chi connectivity index (χ4v) is 5.17. The van der Waals surface area contributed by atoms with Crippen LogP contribution in [0.1, 0.15) is 65.0 Å². The molecule has 2 amide bonds. The smallest absolute Gasteiger partial charge is 0.265 e. The number of carbonyl (C=O) groups is 2. The summed E-state index contributed by atoms with van der Waals surface area (Å²) < 4.78 is 0. The van der Waals surface area contributed by atoms with Crippen molar-refractivity contribution in [1.29, 1.82) is 0 Å². The Labute approximate surface area is 164 Å². The highest BCUT2D eigenvalue weighted by Crippen LogP contribution is 2.35. The van der Waals surface area contributed by atoms with Crippen molar-refractivity contribution in [3.05, 3.63) is 52.2 Å². The maximum Gasteiger partial charge on any atom is 0.265 e. The summed E-state index contributed by atoms with van der Waals surface area (Å²) in [4.78, 5) is 28.2. The van der Waals surface area contributed by atoms with Gasteiger partial charge in [-0.15, -0.1) is 11.3 Å². The van der Waals surface area contributed by atoms with Crippen LogP contribution in [0.3, 0.4) is 0 Å². The van der Waals surface area contributed by atoms with Gasteiger partial charge in [0.1, 0.15) is 0 Å². The zero-order valence-corrected chi connectivity index (χ0v) is 16.3. The zero-order chi connectivity index (χ0) is 18.6. The third-order valence-corrected chi connectivity index (χ3v) is 6.74. The number of carbonyl (C=O) groups excluding carboxylic acids is 2. The molecule has 5 heteroatoms. The van der Waals surface area contributed by atoms with E-state index in [2.05, 4.69) is 10.2 Å². The van der Waals surface area contributed by atoms with E-state index in [0.717, 1.165) is 19.4 Å². The van der Waals surface area contributed by atoms with Crippen LogP contribution in [-0.4, -0.2) is 29.3 Å². The molecule has 1 saturated heterocycles. The van der Waals surface area contributed by atoms with Crippen LogP contribution in [0.15, 0.2) is 41.8 Å². The lowest BCUT2D eigenvalue weighted by molar-refractivity contribution is 0.0661. The summed E-state index contributed by atoms with van der Waals surface area (Å²) in [5.41, 5.74) is 1.34. The molecular weight excluding hydrogens is 356 g/mol. The number of nitrogens with one attached hydrogen (secondary N) is 1. The topological polar surface area (TPSA) is 49.4 Å². The molecule has 0 unspecified atom stereocenters. The summed E-state index contributed by atoms with van der Waals surface area (Å²) in [6, 6.07) is 11.4. The van der Waals surface area contributed by atoms with Crippen molar-refractivity contribution in [3.8, 4) is 0 Å². The number of hydrogen-bond acceptors (Lipinski definition) is 3. The Morgan fingerprint density at radius 2 is 1.85 bits per heavy atom. The second-order valence-corrected chi connectivity index (χ2v) is 8.57. The monoisotopic (exact) mass is 382 g/mol. The van der Waals surface area contributed by atoms with E-state index in [9.17, 15) is 9.59 Å². The van der Waals surface area contributed by atoms with Crippen molar-refractivity contribution >= 4 is 28.8 Å². The number of likely N-dealkylation sites (tertiary alicyclic amines) is 1. The third-order valence-electron chi connectivity index (χ3n) is 5.87. The average Bonchev–Trinajstić information content (AvgIpc) is 3.40. The maximum atomic E-state index is 13.2. The van der Waals surface area contributed by atoms with Crippen molar-refractivity contribution in [2.45, 2.75) is 51.0 Å². The van der Waals surface area contributed by atoms with E-state index in [1.807, 2.05) is 35.7 Å². The molecule has 2 heterocycles. The maximum absolute atomic E-state index is 13.2. The quantitative estimate of drug-likeness (QED) is 0.791. The van der Waals surface area contributed by atoms with Gasteiger partial charge in [-0.05, 0) is 61.2 Å². The molecule has 2 aliphatic rings. The molecule has 1 aromatic carbocycles. The lowest BCUT2D eigenvalue weighted by Gasteiger charge is -2.34. The van der Waals surface area contributed by atoms with Crippen LogP contribution in [0.4, 0.5) is 5.69 Å². The number of benzene rings is 1. The predicted molar refractivity (Wildman–Crippen MR) is 109 cm³/mol. The molecule has 0 bridgehead atoms. The molecule has 2 aromatic rings. The molecule has 1 saturated carbocycles. The largest absolute Gasteiger partial charge is 0.335 e. The van der Waals surface area contributed by atoms with E-state index in [-0.39, 0.29) is 11.8 Å². The van der Waals surface area contributed by atoms with E-state index < -0.39 is 0 Å². The lowest BCUT2D eigenvalue weighted by atomic mass is 9.83. The van der Waals surface area contributed by atoms with Gasteiger partial charge < -0.3 is 10.2 Å². The van der Waals surface area contributed by atoms with Gasteiger partial charge in [-0.25, -0.2) is 0 Å². The molecule has 1 atom stereocenters. The molecule has 1 N–H and O–H groups in total. The molecule has 0 radical (unpaired) electrons. The number of amides is 2. The van der Waals surface area contributed by atoms with Crippen LogP contribution < -0.4 is 5.32 Å². The summed E-state index contributed by atoms with van der Waals surface area (Å²) in [6.07, 6.45) is 8.67. The van der Waals surface area contributed by atoms with Crippen molar-refractivity contribution in [2.24, 2.45) is 5.92 Å². The Kier molecular flexibility index (Phi) is 5.58. The number of anilines is 1. The molecule has 2 fully saturated rings. The summed E-state index contributed by atoms with van der Waals surface area (Å²) in [6.45, 7) is 0.853. The molecule has 0 spiro atoms. The van der Waals surface area contributed by atoms with E-state index in [4.69, 9.17) is 0 Å². The van der Waals surface area contributed by atoms with Crippen LogP contribution in [-0.2, 0) is 0 Å². The van der Waals surface area contributed by atoms with Crippen molar-refractivity contribution in [1.82, 2.24) is 4.90 Å². The average molecular weight is 383 g/mol. The Bertz CT molecular complexity index is 796. The van der Waals surface area contributed by atoms with Gasteiger partial charge >= 0.3 is 0 Å². The first kappa shape index (κ1) is 18.2. The van der Waals surface area contributed by atoms with Crippen LogP contribution in [0.2, 0.25) is 0 Å². The fourth-order valence-electron chi connectivity index (χ4n) is 4.55. The van der Waals surface area contributed by atoms with Gasteiger partial charge in [0.2, 0.25) is 0 Å². The van der Waals surface area contributed by atoms with Gasteiger partial charge in [0, 0.05) is 23.8 Å². The highest BCUT2D eigenvalue weighted by molar-refractivity contribution is 7.12. The van der Waals surface area contributed by atoms with Gasteiger partial charge in [-0.3, -0.25) is 9.59 Å². The minimum Gasteiger partial charge on any atom is -0.335 e. The normalized spacial score (nSPS) is 20.6. The Balaban J connectivity index is 1.47. The van der Waals surface area contributed by atoms with Crippen LogP contribution in [0.25, 0.3) is 0 Å². The SMILES string of the molecule is O=C(Nc1cccc(C(=O)N2CCC[C@@H]2C2CCCCC2)c1)c1cccs1. The molecule has 1 aliphatic heterocycles. The number of thiophene rings is 1. The predicted octanol–water partition coefficient (Wildman–Crippen LogP) is 5.19. The van der Waals surface area contributed by atoms with E-state index in [0.29, 0.717) is 28.1 Å². The zero-order valence-electron chi connectivity index (χ0n) is 15.5. The van der Waals surface area contributed by atoms with Gasteiger partial charge in [0.15, 0.2) is 0 Å². The first-order valence-electron chi connectivity index (χ1n) is 9.98. The van der Waals surface area contributed by atoms with E-state index in [1.165, 1.54) is 43.4 Å². The molecule has 27 heavy (non-hydrogen) atoms. The van der Waals surface area contributed by atoms with Crippen LogP contribution in [0.5, 0.6) is 0 Å². The van der Waals surface area contributed by atoms with E-state index in [1.54, 1.807) is 6.07 Å². The Morgan fingerprint density at radius 3 is 2.63 bits per heavy atom. The summed E-state index contributed by atoms with van der Waals surface area (Å²) in [5, 5.41) is 4.79. The van der Waals surface area contributed by atoms with Crippen LogP contribution >= 0.6 is 11.3 Å². The highest BCUT2D eigenvalue weighted by Gasteiger charge is 2.35. The summed E-state index contributed by atoms with van der Waals surface area (Å²) in [5.74, 6) is 0.637. The molecule has 1 aromatic heterocycles.